The molecule has 2 amide bonds. The molecule has 2 aromatic carbocycles. The normalized spacial score (nSPS) is 19.3. The van der Waals surface area contributed by atoms with Gasteiger partial charge in [0.2, 0.25) is 5.91 Å². The second-order valence-corrected chi connectivity index (χ2v) is 6.95. The first-order valence-corrected chi connectivity index (χ1v) is 9.00. The summed E-state index contributed by atoms with van der Waals surface area (Å²) in [4.78, 5) is 27.4. The number of likely N-dealkylation sites (tertiary alicyclic amines) is 1. The van der Waals surface area contributed by atoms with Crippen LogP contribution in [-0.2, 0) is 11.2 Å². The molecule has 3 N–H and O–H groups in total. The van der Waals surface area contributed by atoms with Crippen molar-refractivity contribution in [3.05, 3.63) is 65.7 Å². The van der Waals surface area contributed by atoms with E-state index in [0.29, 0.717) is 25.1 Å². The van der Waals surface area contributed by atoms with Crippen molar-refractivity contribution in [2.24, 2.45) is 0 Å². The van der Waals surface area contributed by atoms with Gasteiger partial charge in [-0.3, -0.25) is 9.59 Å². The van der Waals surface area contributed by atoms with E-state index in [1.165, 1.54) is 0 Å². The van der Waals surface area contributed by atoms with Gasteiger partial charge in [-0.1, -0.05) is 30.3 Å². The van der Waals surface area contributed by atoms with Gasteiger partial charge in [0.1, 0.15) is 5.54 Å². The number of nitrogens with two attached hydrogens (primary N) is 1. The zero-order valence-corrected chi connectivity index (χ0v) is 15.1. The molecule has 5 nitrogen and oxygen atoms in total. The first-order chi connectivity index (χ1) is 12.5. The molecular formula is C21H25N3O2. The number of benzene rings is 2. The van der Waals surface area contributed by atoms with E-state index in [9.17, 15) is 9.59 Å². The average molecular weight is 351 g/mol. The van der Waals surface area contributed by atoms with Crippen molar-refractivity contribution in [1.29, 1.82) is 0 Å². The Hall–Kier alpha value is -2.82. The highest BCUT2D eigenvalue weighted by molar-refractivity contribution is 5.99. The van der Waals surface area contributed by atoms with Gasteiger partial charge in [0.05, 0.1) is 0 Å². The van der Waals surface area contributed by atoms with Crippen molar-refractivity contribution >= 4 is 17.5 Å². The fraction of sp³-hybridized carbons (Fsp3) is 0.333. The number of rotatable bonds is 5. The van der Waals surface area contributed by atoms with E-state index in [1.54, 1.807) is 17.0 Å². The van der Waals surface area contributed by atoms with Crippen LogP contribution in [0.3, 0.4) is 0 Å². The lowest BCUT2D eigenvalue weighted by atomic mass is 9.96. The highest BCUT2D eigenvalue weighted by Crippen LogP contribution is 2.30. The quantitative estimate of drug-likeness (QED) is 0.813. The van der Waals surface area contributed by atoms with Gasteiger partial charge in [-0.15, -0.1) is 0 Å². The van der Waals surface area contributed by atoms with Crippen LogP contribution < -0.4 is 11.1 Å². The summed E-state index contributed by atoms with van der Waals surface area (Å²) in [7, 11) is 0. The van der Waals surface area contributed by atoms with Crippen molar-refractivity contribution in [2.45, 2.75) is 31.7 Å². The van der Waals surface area contributed by atoms with Gasteiger partial charge in [-0.05, 0) is 56.0 Å². The van der Waals surface area contributed by atoms with Crippen LogP contribution in [0.1, 0.15) is 35.7 Å². The van der Waals surface area contributed by atoms with Gasteiger partial charge in [0.15, 0.2) is 0 Å². The van der Waals surface area contributed by atoms with E-state index >= 15 is 0 Å². The molecule has 3 rings (SSSR count). The Bertz CT molecular complexity index is 774. The molecule has 5 heteroatoms. The van der Waals surface area contributed by atoms with Gasteiger partial charge in [0.25, 0.3) is 5.91 Å². The fourth-order valence-electron chi connectivity index (χ4n) is 3.46. The molecule has 0 saturated carbocycles. The van der Waals surface area contributed by atoms with Crippen LogP contribution in [0, 0.1) is 0 Å². The fourth-order valence-corrected chi connectivity index (χ4v) is 3.46. The summed E-state index contributed by atoms with van der Waals surface area (Å²) < 4.78 is 0. The minimum absolute atomic E-state index is 0.0840. The van der Waals surface area contributed by atoms with E-state index in [0.717, 1.165) is 24.1 Å². The molecular weight excluding hydrogens is 326 g/mol. The largest absolute Gasteiger partial charge is 0.399 e. The molecule has 0 aliphatic carbocycles. The second-order valence-electron chi connectivity index (χ2n) is 6.95. The third-order valence-electron chi connectivity index (χ3n) is 5.08. The molecule has 1 aliphatic heterocycles. The molecule has 0 spiro atoms. The number of carbonyl (C=O) groups is 2. The lowest BCUT2D eigenvalue weighted by Gasteiger charge is -2.34. The van der Waals surface area contributed by atoms with Gasteiger partial charge >= 0.3 is 0 Å². The Morgan fingerprint density at radius 3 is 2.50 bits per heavy atom. The number of hydrogen-bond acceptors (Lipinski definition) is 3. The zero-order valence-electron chi connectivity index (χ0n) is 15.1. The summed E-state index contributed by atoms with van der Waals surface area (Å²) in [6.07, 6.45) is 2.24. The molecule has 1 atom stereocenters. The smallest absolute Gasteiger partial charge is 0.254 e. The summed E-state index contributed by atoms with van der Waals surface area (Å²) in [5.41, 5.74) is 7.36. The maximum absolute atomic E-state index is 12.8. The van der Waals surface area contributed by atoms with Crippen LogP contribution in [0.15, 0.2) is 54.6 Å². The van der Waals surface area contributed by atoms with Crippen molar-refractivity contribution < 1.29 is 9.59 Å². The molecule has 1 unspecified atom stereocenters. The summed E-state index contributed by atoms with van der Waals surface area (Å²) in [5.74, 6) is -0.172. The Kier molecular flexibility index (Phi) is 5.26. The third-order valence-corrected chi connectivity index (χ3v) is 5.08. The van der Waals surface area contributed by atoms with Crippen LogP contribution in [0.5, 0.6) is 0 Å². The Labute approximate surface area is 154 Å². The molecule has 0 aromatic heterocycles. The number of nitrogen functional groups attached to an aromatic ring is 1. The van der Waals surface area contributed by atoms with Gasteiger partial charge in [-0.25, -0.2) is 0 Å². The number of carbonyl (C=O) groups excluding carboxylic acids is 2. The maximum Gasteiger partial charge on any atom is 0.254 e. The molecule has 1 fully saturated rings. The topological polar surface area (TPSA) is 75.4 Å². The Balaban J connectivity index is 1.63. The molecule has 0 radical (unpaired) electrons. The summed E-state index contributed by atoms with van der Waals surface area (Å²) in [6, 6.07) is 16.8. The van der Waals surface area contributed by atoms with Crippen LogP contribution in [0.2, 0.25) is 0 Å². The second kappa shape index (κ2) is 7.60. The van der Waals surface area contributed by atoms with E-state index in [4.69, 9.17) is 5.73 Å². The highest BCUT2D eigenvalue weighted by atomic mass is 16.2. The summed E-state index contributed by atoms with van der Waals surface area (Å²) in [6.45, 7) is 3.00. The van der Waals surface area contributed by atoms with Gasteiger partial charge in [0, 0.05) is 24.3 Å². The molecule has 1 heterocycles. The first-order valence-electron chi connectivity index (χ1n) is 9.00. The maximum atomic E-state index is 12.8. The zero-order chi connectivity index (χ0) is 18.6. The van der Waals surface area contributed by atoms with E-state index < -0.39 is 5.54 Å². The summed E-state index contributed by atoms with van der Waals surface area (Å²) >= 11 is 0. The summed E-state index contributed by atoms with van der Waals surface area (Å²) in [5, 5.41) is 3.00. The monoisotopic (exact) mass is 351 g/mol. The standard InChI is InChI=1S/C21H25N3O2/c1-21(20(26)23-14-12-16-8-10-18(22)11-9-16)13-5-15-24(21)19(25)17-6-3-2-4-7-17/h2-4,6-11H,5,12-15,22H2,1H3,(H,23,26). The van der Waals surface area contributed by atoms with Crippen molar-refractivity contribution in [3.63, 3.8) is 0 Å². The van der Waals surface area contributed by atoms with Crippen LogP contribution in [0.4, 0.5) is 5.69 Å². The number of hydrogen-bond donors (Lipinski definition) is 2. The third kappa shape index (κ3) is 3.72. The molecule has 26 heavy (non-hydrogen) atoms. The average Bonchev–Trinajstić information content (AvgIpc) is 3.06. The molecule has 1 aliphatic rings. The number of anilines is 1. The number of nitrogens with zero attached hydrogens (tertiary/aromatic N) is 1. The molecule has 1 saturated heterocycles. The highest BCUT2D eigenvalue weighted by Gasteiger charge is 2.45. The van der Waals surface area contributed by atoms with Crippen molar-refractivity contribution in [1.82, 2.24) is 10.2 Å². The van der Waals surface area contributed by atoms with E-state index in [2.05, 4.69) is 5.32 Å². The minimum Gasteiger partial charge on any atom is -0.399 e. The van der Waals surface area contributed by atoms with E-state index in [1.807, 2.05) is 49.4 Å². The molecule has 136 valence electrons. The Morgan fingerprint density at radius 1 is 1.12 bits per heavy atom. The van der Waals surface area contributed by atoms with Gasteiger partial charge < -0.3 is 16.0 Å². The predicted molar refractivity (Wildman–Crippen MR) is 103 cm³/mol. The van der Waals surface area contributed by atoms with Gasteiger partial charge in [-0.2, -0.15) is 0 Å². The Morgan fingerprint density at radius 2 is 1.81 bits per heavy atom. The molecule has 2 aromatic rings. The van der Waals surface area contributed by atoms with E-state index in [-0.39, 0.29) is 11.8 Å². The number of amides is 2. The van der Waals surface area contributed by atoms with Crippen LogP contribution in [0.25, 0.3) is 0 Å². The van der Waals surface area contributed by atoms with Crippen LogP contribution in [-0.4, -0.2) is 35.3 Å². The number of nitrogens with one attached hydrogen (secondary N) is 1. The first kappa shape index (κ1) is 18.0. The van der Waals surface area contributed by atoms with Crippen LogP contribution >= 0.6 is 0 Å². The van der Waals surface area contributed by atoms with Crippen molar-refractivity contribution in [2.75, 3.05) is 18.8 Å². The lowest BCUT2D eigenvalue weighted by molar-refractivity contribution is -0.129. The predicted octanol–water partition coefficient (Wildman–Crippen LogP) is 2.62. The SMILES string of the molecule is CC1(C(=O)NCCc2ccc(N)cc2)CCCN1C(=O)c1ccccc1. The lowest BCUT2D eigenvalue weighted by Crippen LogP contribution is -2.55. The minimum atomic E-state index is -0.798. The van der Waals surface area contributed by atoms with Crippen molar-refractivity contribution in [3.8, 4) is 0 Å². The molecule has 0 bridgehead atoms.